The van der Waals surface area contributed by atoms with E-state index in [0.29, 0.717) is 16.7 Å². The van der Waals surface area contributed by atoms with Crippen molar-refractivity contribution >= 4 is 32.6 Å². The number of rotatable bonds is 6. The minimum Gasteiger partial charge on any atom is -0.292 e. The molecule has 0 bridgehead atoms. The molecule has 2 heteroatoms. The van der Waals surface area contributed by atoms with Gasteiger partial charge in [0.25, 0.3) is 0 Å². The summed E-state index contributed by atoms with van der Waals surface area (Å²) in [6, 6.07) is 1.01. The molecule has 10 aromatic rings. The lowest BCUT2D eigenvalue weighted by Gasteiger charge is -2.19. The van der Waals surface area contributed by atoms with Crippen molar-refractivity contribution in [2.75, 3.05) is 0 Å². The van der Waals surface area contributed by atoms with Crippen molar-refractivity contribution in [3.63, 3.8) is 0 Å². The lowest BCUT2D eigenvalue weighted by Crippen LogP contribution is -1.98. The van der Waals surface area contributed by atoms with E-state index >= 15 is 0 Å². The average Bonchev–Trinajstić information content (AvgIpc) is 3.80. The molecule has 248 valence electrons. The molecule has 0 N–H and O–H groups in total. The van der Waals surface area contributed by atoms with Gasteiger partial charge in [-0.3, -0.25) is 4.57 Å². The highest BCUT2D eigenvalue weighted by Gasteiger charge is 2.19. The van der Waals surface area contributed by atoms with Crippen LogP contribution in [0.2, 0.25) is 0 Å². The van der Waals surface area contributed by atoms with Crippen LogP contribution in [0, 0.1) is 0 Å². The van der Waals surface area contributed by atoms with Crippen molar-refractivity contribution in [1.82, 2.24) is 9.55 Å². The van der Waals surface area contributed by atoms with Gasteiger partial charge in [-0.15, -0.1) is 0 Å². The second kappa shape index (κ2) is 12.9. The van der Waals surface area contributed by atoms with Crippen LogP contribution in [0.5, 0.6) is 0 Å². The predicted molar refractivity (Wildman–Crippen MR) is 223 cm³/mol. The maximum absolute atomic E-state index is 9.57. The van der Waals surface area contributed by atoms with Crippen LogP contribution in [0.15, 0.2) is 206 Å². The molecule has 0 aliphatic carbocycles. The van der Waals surface area contributed by atoms with Crippen molar-refractivity contribution in [3.05, 3.63) is 206 Å². The Morgan fingerprint density at radius 2 is 0.811 bits per heavy atom. The fourth-order valence-corrected chi connectivity index (χ4v) is 6.65. The Morgan fingerprint density at radius 3 is 1.34 bits per heavy atom. The van der Waals surface area contributed by atoms with Crippen LogP contribution in [0.25, 0.3) is 94.2 Å². The standard InChI is InChI=1S/C51H34N2/c1-4-16-35(17-5-1)39-32-40(36-18-6-2-7-19-36)34-41(33-39)50-45-24-12-10-22-43(45)49(44-23-11-13-25-46(44)50)37-28-30-42(31-29-37)53-48-27-15-14-26-47(48)52-51(53)38-20-8-3-9-21-38/h1-34H/i1D,2D,3D,4D,5D,6D,7D,8D,9D,10D,11D,12D,13D,16D,17D,18D,19D,20D,21D,22D,23D,24D,25D. The van der Waals surface area contributed by atoms with Gasteiger partial charge in [0.1, 0.15) is 5.82 Å². The molecule has 0 unspecified atom stereocenters. The largest absolute Gasteiger partial charge is 0.292 e. The summed E-state index contributed by atoms with van der Waals surface area (Å²) >= 11 is 0. The molecule has 0 aliphatic heterocycles. The molecule has 0 saturated heterocycles. The molecule has 2 nitrogen and oxygen atoms in total. The molecular weight excluding hydrogens is 641 g/mol. The Kier molecular flexibility index (Phi) is 3.73. The van der Waals surface area contributed by atoms with E-state index in [0.717, 1.165) is 0 Å². The van der Waals surface area contributed by atoms with E-state index in [1.165, 1.54) is 30.3 Å². The molecule has 0 spiro atoms. The summed E-state index contributed by atoms with van der Waals surface area (Å²) in [6.07, 6.45) is 0. The minimum absolute atomic E-state index is 0.0109. The zero-order valence-electron chi connectivity index (χ0n) is 50.2. The molecule has 0 radical (unpaired) electrons. The smallest absolute Gasteiger partial charge is 0.145 e. The fourth-order valence-electron chi connectivity index (χ4n) is 6.65. The summed E-state index contributed by atoms with van der Waals surface area (Å²) in [5, 5.41) is -1.12. The first-order chi connectivity index (χ1) is 35.8. The Hall–Kier alpha value is -7.03. The lowest BCUT2D eigenvalue weighted by molar-refractivity contribution is 1.10. The molecule has 53 heavy (non-hydrogen) atoms. The summed E-state index contributed by atoms with van der Waals surface area (Å²) < 4.78 is 205. The first-order valence-electron chi connectivity index (χ1n) is 27.7. The van der Waals surface area contributed by atoms with Crippen LogP contribution in [0.3, 0.4) is 0 Å². The zero-order valence-corrected chi connectivity index (χ0v) is 27.2. The summed E-state index contributed by atoms with van der Waals surface area (Å²) in [6.45, 7) is 0. The van der Waals surface area contributed by atoms with E-state index < -0.39 is 150 Å². The second-order valence-corrected chi connectivity index (χ2v) is 11.9. The molecule has 0 saturated carbocycles. The highest BCUT2D eigenvalue weighted by Crippen LogP contribution is 2.45. The zero-order chi connectivity index (χ0) is 55.2. The van der Waals surface area contributed by atoms with Crippen LogP contribution in [-0.2, 0) is 0 Å². The molecule has 10 rings (SSSR count). The van der Waals surface area contributed by atoms with Gasteiger partial charge in [-0.25, -0.2) is 4.98 Å². The van der Waals surface area contributed by atoms with Gasteiger partial charge in [0.15, 0.2) is 0 Å². The highest BCUT2D eigenvalue weighted by atomic mass is 15.1. The molecule has 0 fully saturated rings. The second-order valence-electron chi connectivity index (χ2n) is 11.9. The quantitative estimate of drug-likeness (QED) is 0.158. The first kappa shape index (κ1) is 15.3. The van der Waals surface area contributed by atoms with Gasteiger partial charge in [0.05, 0.1) is 42.6 Å². The van der Waals surface area contributed by atoms with Crippen molar-refractivity contribution in [2.45, 2.75) is 0 Å². The van der Waals surface area contributed by atoms with E-state index in [-0.39, 0.29) is 66.3 Å². The van der Waals surface area contributed by atoms with E-state index in [1.807, 2.05) is 0 Å². The summed E-state index contributed by atoms with van der Waals surface area (Å²) in [7, 11) is 0. The third-order valence-corrected chi connectivity index (χ3v) is 8.87. The highest BCUT2D eigenvalue weighted by molar-refractivity contribution is 6.21. The van der Waals surface area contributed by atoms with Crippen molar-refractivity contribution in [1.29, 1.82) is 0 Å². The predicted octanol–water partition coefficient (Wildman–Crippen LogP) is 13.7. The van der Waals surface area contributed by atoms with E-state index in [4.69, 9.17) is 31.0 Å². The normalized spacial score (nSPS) is 17.5. The Bertz CT molecular complexity index is 4010. The van der Waals surface area contributed by atoms with Gasteiger partial charge in [0, 0.05) is 11.3 Å². The Morgan fingerprint density at radius 1 is 0.377 bits per heavy atom. The molecule has 0 aliphatic rings. The molecule has 9 aromatic carbocycles. The summed E-state index contributed by atoms with van der Waals surface area (Å²) in [5.74, 6) is -0.0109. The lowest BCUT2D eigenvalue weighted by atomic mass is 9.84. The summed E-state index contributed by atoms with van der Waals surface area (Å²) in [5.41, 5.74) is -0.544. The molecule has 0 amide bonds. The fraction of sp³-hybridized carbons (Fsp3) is 0. The van der Waals surface area contributed by atoms with Gasteiger partial charge in [-0.2, -0.15) is 0 Å². The number of fused-ring (bicyclic) bond motifs is 3. The number of hydrogen-bond donors (Lipinski definition) is 0. The van der Waals surface area contributed by atoms with Crippen molar-refractivity contribution in [2.24, 2.45) is 0 Å². The summed E-state index contributed by atoms with van der Waals surface area (Å²) in [4.78, 5) is 4.70. The topological polar surface area (TPSA) is 17.8 Å². The Labute approximate surface area is 341 Å². The molecule has 1 aromatic heterocycles. The minimum atomic E-state index is -0.764. The number of aromatic nitrogens is 2. The van der Waals surface area contributed by atoms with Crippen LogP contribution in [-0.4, -0.2) is 9.55 Å². The third kappa shape index (κ3) is 5.40. The molecule has 1 heterocycles. The van der Waals surface area contributed by atoms with E-state index in [9.17, 15) is 5.48 Å². The van der Waals surface area contributed by atoms with Crippen LogP contribution in [0.4, 0.5) is 0 Å². The monoisotopic (exact) mass is 697 g/mol. The molecular formula is C51H34N2. The maximum Gasteiger partial charge on any atom is 0.145 e. The number of para-hydroxylation sites is 2. The van der Waals surface area contributed by atoms with Crippen LogP contribution >= 0.6 is 0 Å². The van der Waals surface area contributed by atoms with E-state index in [2.05, 4.69) is 0 Å². The van der Waals surface area contributed by atoms with Crippen molar-refractivity contribution in [3.8, 4) is 61.6 Å². The van der Waals surface area contributed by atoms with Crippen LogP contribution < -0.4 is 0 Å². The van der Waals surface area contributed by atoms with Gasteiger partial charge >= 0.3 is 0 Å². The van der Waals surface area contributed by atoms with Gasteiger partial charge in [0.2, 0.25) is 0 Å². The maximum atomic E-state index is 9.57. The number of hydrogen-bond acceptors (Lipinski definition) is 1. The van der Waals surface area contributed by atoms with Gasteiger partial charge < -0.3 is 0 Å². The SMILES string of the molecule is [2H]c1c([2H])c([2H])c(-c2cc(-c3c([2H])c([2H])c([2H])c([2H])c3[2H])cc(-c3c4c([2H])c([2H])c([2H])c([2H])c4c(-c4ccc(-n5c(-c6c([2H])c([2H])c([2H])c([2H])c6[2H])nc6ccccc65)cc4)c4c([2H])c([2H])c([2H])c([2H])c34)c2)c([2H])c1[2H]. The average molecular weight is 698 g/mol. The van der Waals surface area contributed by atoms with Crippen LogP contribution in [0.1, 0.15) is 31.5 Å². The molecule has 0 atom stereocenters. The third-order valence-electron chi connectivity index (χ3n) is 8.87. The number of nitrogens with zero attached hydrogens (tertiary/aromatic N) is 2. The number of benzene rings is 9. The Balaban J connectivity index is 1.36. The van der Waals surface area contributed by atoms with Gasteiger partial charge in [-0.1, -0.05) is 163 Å². The number of imidazole rings is 1. The van der Waals surface area contributed by atoms with Crippen molar-refractivity contribution < 1.29 is 31.5 Å². The van der Waals surface area contributed by atoms with E-state index in [1.54, 1.807) is 41.0 Å². The van der Waals surface area contributed by atoms with Gasteiger partial charge in [-0.05, 0) is 109 Å². The first-order valence-corrected chi connectivity index (χ1v) is 16.2.